The largest absolute Gasteiger partial charge is 0.306 e. The van der Waals surface area contributed by atoms with Gasteiger partial charge in [-0.3, -0.25) is 4.79 Å². The Morgan fingerprint density at radius 1 is 0.806 bits per heavy atom. The van der Waals surface area contributed by atoms with Crippen LogP contribution in [0.15, 0.2) is 84.9 Å². The summed E-state index contributed by atoms with van der Waals surface area (Å²) in [7, 11) is -3.25. The Morgan fingerprint density at radius 3 is 2.10 bits per heavy atom. The zero-order valence-electron chi connectivity index (χ0n) is 16.5. The van der Waals surface area contributed by atoms with Crippen molar-refractivity contribution in [1.29, 1.82) is 0 Å². The Morgan fingerprint density at radius 2 is 1.42 bits per heavy atom. The third-order valence-electron chi connectivity index (χ3n) is 5.27. The maximum absolute atomic E-state index is 13.0. The fourth-order valence-corrected chi connectivity index (χ4v) is 5.25. The second kappa shape index (κ2) is 7.52. The summed E-state index contributed by atoms with van der Waals surface area (Å²) in [6.07, 6.45) is 0. The van der Waals surface area contributed by atoms with Crippen LogP contribution >= 0.6 is 0 Å². The van der Waals surface area contributed by atoms with Crippen LogP contribution in [-0.2, 0) is 21.3 Å². The van der Waals surface area contributed by atoms with Crippen molar-refractivity contribution in [2.24, 2.45) is 0 Å². The van der Waals surface area contributed by atoms with E-state index in [1.807, 2.05) is 72.8 Å². The molecule has 4 aromatic rings. The lowest BCUT2D eigenvalue weighted by Crippen LogP contribution is -2.17. The highest BCUT2D eigenvalue weighted by molar-refractivity contribution is 7.90. The van der Waals surface area contributed by atoms with Crippen LogP contribution in [0.2, 0.25) is 0 Å². The van der Waals surface area contributed by atoms with Gasteiger partial charge in [0.05, 0.1) is 22.9 Å². The van der Waals surface area contributed by atoms with Gasteiger partial charge >= 0.3 is 0 Å². The number of para-hydroxylation sites is 1. The maximum Gasteiger partial charge on any atom is 0.256 e. The van der Waals surface area contributed by atoms with Crippen LogP contribution in [0.25, 0.3) is 16.8 Å². The predicted octanol–water partition coefficient (Wildman–Crippen LogP) is 4.22. The fourth-order valence-electron chi connectivity index (χ4n) is 3.75. The second-order valence-corrected chi connectivity index (χ2v) is 9.52. The van der Waals surface area contributed by atoms with Gasteiger partial charge < -0.3 is 5.32 Å². The highest BCUT2D eigenvalue weighted by Gasteiger charge is 2.33. The summed E-state index contributed by atoms with van der Waals surface area (Å²) in [4.78, 5) is 13.0. The molecule has 1 aromatic heterocycles. The number of rotatable bonds is 4. The molecular weight excluding hydrogens is 410 g/mol. The van der Waals surface area contributed by atoms with Gasteiger partial charge in [-0.05, 0) is 35.4 Å². The summed E-state index contributed by atoms with van der Waals surface area (Å²) >= 11 is 0. The first-order chi connectivity index (χ1) is 15.0. The minimum Gasteiger partial charge on any atom is -0.306 e. The summed E-state index contributed by atoms with van der Waals surface area (Å²) in [6.45, 7) is 0. The Kier molecular flexibility index (Phi) is 4.67. The minimum atomic E-state index is -3.25. The fraction of sp³-hybridized carbons (Fsp3) is 0.0833. The molecule has 0 saturated heterocycles. The van der Waals surface area contributed by atoms with Crippen LogP contribution in [0.3, 0.4) is 0 Å². The summed E-state index contributed by atoms with van der Waals surface area (Å²) < 4.78 is 25.8. The van der Waals surface area contributed by atoms with E-state index in [4.69, 9.17) is 0 Å². The Bertz CT molecular complexity index is 1360. The predicted molar refractivity (Wildman–Crippen MR) is 120 cm³/mol. The first-order valence-corrected chi connectivity index (χ1v) is 11.7. The Labute approximate surface area is 180 Å². The van der Waals surface area contributed by atoms with Gasteiger partial charge in [0.2, 0.25) is 0 Å². The molecule has 2 heterocycles. The molecule has 0 spiro atoms. The van der Waals surface area contributed by atoms with Gasteiger partial charge in [0.1, 0.15) is 5.82 Å². The Hall–Kier alpha value is -3.71. The number of sulfone groups is 1. The highest BCUT2D eigenvalue weighted by atomic mass is 32.2. The SMILES string of the molecule is O=C(Nc1c2c(nn1-c1ccccc1)CS(=O)(=O)C2)c1ccc(-c2ccccc2)cc1. The van der Waals surface area contributed by atoms with Crippen LogP contribution in [-0.4, -0.2) is 24.1 Å². The van der Waals surface area contributed by atoms with E-state index in [9.17, 15) is 13.2 Å². The van der Waals surface area contributed by atoms with Crippen molar-refractivity contribution in [2.45, 2.75) is 11.5 Å². The molecule has 154 valence electrons. The molecule has 0 bridgehead atoms. The second-order valence-electron chi connectivity index (χ2n) is 7.45. The van der Waals surface area contributed by atoms with Gasteiger partial charge in [0.15, 0.2) is 9.84 Å². The topological polar surface area (TPSA) is 81.1 Å². The molecule has 5 rings (SSSR count). The van der Waals surface area contributed by atoms with Crippen LogP contribution in [0.4, 0.5) is 5.82 Å². The van der Waals surface area contributed by atoms with E-state index in [1.54, 1.807) is 16.8 Å². The third kappa shape index (κ3) is 3.75. The number of carbonyl (C=O) groups excluding carboxylic acids is 1. The molecule has 6 nitrogen and oxygen atoms in total. The molecule has 7 heteroatoms. The average molecular weight is 430 g/mol. The zero-order valence-corrected chi connectivity index (χ0v) is 17.3. The van der Waals surface area contributed by atoms with Gasteiger partial charge in [0, 0.05) is 11.1 Å². The van der Waals surface area contributed by atoms with E-state index in [0.29, 0.717) is 22.6 Å². The number of benzene rings is 3. The average Bonchev–Trinajstić information content (AvgIpc) is 3.27. The molecule has 1 amide bonds. The van der Waals surface area contributed by atoms with Gasteiger partial charge in [-0.25, -0.2) is 13.1 Å². The molecular formula is C24H19N3O3S. The molecule has 0 aliphatic carbocycles. The number of hydrogen-bond acceptors (Lipinski definition) is 4. The van der Waals surface area contributed by atoms with Crippen LogP contribution in [0.1, 0.15) is 21.6 Å². The molecule has 0 saturated carbocycles. The van der Waals surface area contributed by atoms with Crippen molar-refractivity contribution in [3.8, 4) is 16.8 Å². The molecule has 0 fully saturated rings. The van der Waals surface area contributed by atoms with E-state index in [0.717, 1.165) is 16.8 Å². The normalized spacial score (nSPS) is 14.2. The lowest BCUT2D eigenvalue weighted by atomic mass is 10.0. The number of hydrogen-bond donors (Lipinski definition) is 1. The highest BCUT2D eigenvalue weighted by Crippen LogP contribution is 2.33. The summed E-state index contributed by atoms with van der Waals surface area (Å²) in [6, 6.07) is 26.6. The van der Waals surface area contributed by atoms with E-state index >= 15 is 0 Å². The number of fused-ring (bicyclic) bond motifs is 1. The number of carbonyl (C=O) groups is 1. The summed E-state index contributed by atoms with van der Waals surface area (Å²) in [5, 5.41) is 7.38. The van der Waals surface area contributed by atoms with E-state index in [2.05, 4.69) is 10.4 Å². The standard InChI is InChI=1S/C24H19N3O3S/c28-24(19-13-11-18(12-14-19)17-7-3-1-4-8-17)25-23-21-15-31(29,30)16-22(21)26-27(23)20-9-5-2-6-10-20/h1-14H,15-16H2,(H,25,28). The molecule has 1 N–H and O–H groups in total. The monoisotopic (exact) mass is 429 g/mol. The van der Waals surface area contributed by atoms with Gasteiger partial charge in [-0.15, -0.1) is 0 Å². The lowest BCUT2D eigenvalue weighted by molar-refractivity contribution is 0.102. The molecule has 0 radical (unpaired) electrons. The van der Waals surface area contributed by atoms with E-state index < -0.39 is 9.84 Å². The lowest BCUT2D eigenvalue weighted by Gasteiger charge is -2.11. The van der Waals surface area contributed by atoms with Crippen molar-refractivity contribution in [3.05, 3.63) is 102 Å². The van der Waals surface area contributed by atoms with Crippen LogP contribution in [0, 0.1) is 0 Å². The van der Waals surface area contributed by atoms with Crippen molar-refractivity contribution >= 4 is 21.6 Å². The summed E-state index contributed by atoms with van der Waals surface area (Å²) in [5.74, 6) is -0.155. The first-order valence-electron chi connectivity index (χ1n) is 9.84. The quantitative estimate of drug-likeness (QED) is 0.527. The van der Waals surface area contributed by atoms with Crippen molar-refractivity contribution in [2.75, 3.05) is 5.32 Å². The van der Waals surface area contributed by atoms with Crippen LogP contribution < -0.4 is 5.32 Å². The number of nitrogens with one attached hydrogen (secondary N) is 1. The Balaban J connectivity index is 1.48. The van der Waals surface area contributed by atoms with Gasteiger partial charge in [-0.2, -0.15) is 5.10 Å². The molecule has 1 aliphatic rings. The third-order valence-corrected chi connectivity index (χ3v) is 6.72. The van der Waals surface area contributed by atoms with Crippen molar-refractivity contribution in [1.82, 2.24) is 9.78 Å². The van der Waals surface area contributed by atoms with Crippen LogP contribution in [0.5, 0.6) is 0 Å². The number of amides is 1. The van der Waals surface area contributed by atoms with E-state index in [1.165, 1.54) is 0 Å². The van der Waals surface area contributed by atoms with E-state index in [-0.39, 0.29) is 17.4 Å². The number of aromatic nitrogens is 2. The number of anilines is 1. The minimum absolute atomic E-state index is 0.114. The zero-order chi connectivity index (χ0) is 21.4. The smallest absolute Gasteiger partial charge is 0.256 e. The molecule has 1 aliphatic heterocycles. The van der Waals surface area contributed by atoms with Gasteiger partial charge in [-0.1, -0.05) is 60.7 Å². The van der Waals surface area contributed by atoms with Crippen molar-refractivity contribution in [3.63, 3.8) is 0 Å². The van der Waals surface area contributed by atoms with Gasteiger partial charge in [0.25, 0.3) is 5.91 Å². The summed E-state index contributed by atoms with van der Waals surface area (Å²) in [5.41, 5.74) is 4.36. The van der Waals surface area contributed by atoms with Crippen molar-refractivity contribution < 1.29 is 13.2 Å². The molecule has 3 aromatic carbocycles. The maximum atomic E-state index is 13.0. The first kappa shape index (κ1) is 19.3. The molecule has 0 atom stereocenters. The molecule has 31 heavy (non-hydrogen) atoms. The number of nitrogens with zero attached hydrogens (tertiary/aromatic N) is 2. The molecule has 0 unspecified atom stereocenters.